The molecule has 7 rings (SSSR count). The normalized spacial score (nSPS) is 17.1. The largest absolute Gasteiger partial charge is 0.242 e. The van der Waals surface area contributed by atoms with E-state index < -0.39 is 30.9 Å². The van der Waals surface area contributed by atoms with Gasteiger partial charge in [0.25, 0.3) is 0 Å². The van der Waals surface area contributed by atoms with E-state index in [-0.39, 0.29) is 41.1 Å². The summed E-state index contributed by atoms with van der Waals surface area (Å²) in [7, 11) is 0. The molecule has 0 radical (unpaired) electrons. The first-order valence-corrected chi connectivity index (χ1v) is 9.51. The van der Waals surface area contributed by atoms with Crippen molar-refractivity contribution >= 4 is 55.4 Å². The number of rotatable bonds is 1. The van der Waals surface area contributed by atoms with Crippen molar-refractivity contribution in [1.82, 2.24) is 0 Å². The second kappa shape index (κ2) is 5.49. The summed E-state index contributed by atoms with van der Waals surface area (Å²) in [6.07, 6.45) is 0. The lowest BCUT2D eigenvalue weighted by atomic mass is 9.39. The van der Waals surface area contributed by atoms with Crippen molar-refractivity contribution < 1.29 is 12.3 Å². The maximum atomic E-state index is 8.87. The molecule has 29 heavy (non-hydrogen) atoms. The average Bonchev–Trinajstić information content (AvgIpc) is 3.26. The highest BCUT2D eigenvalue weighted by Gasteiger charge is 2.34. The standard InChI is InChI=1S/C28H17B/c1-2-9-21(10-3-1)29-24-12-5-4-11-22(24)28-23-16-15-19-8-6-7-18-13-14-20(17-25(28)29)27(23)26(18)19/h1-17H/i1D,2D,3D,4D,5D,9D,10D,11D,12D. The van der Waals surface area contributed by atoms with Gasteiger partial charge in [-0.3, -0.25) is 0 Å². The smallest absolute Gasteiger partial charge is 0.0686 e. The van der Waals surface area contributed by atoms with Crippen LogP contribution in [0.3, 0.4) is 0 Å². The van der Waals surface area contributed by atoms with Crippen LogP contribution in [0, 0.1) is 0 Å². The van der Waals surface area contributed by atoms with Crippen molar-refractivity contribution in [2.45, 2.75) is 0 Å². The Hall–Kier alpha value is -3.58. The van der Waals surface area contributed by atoms with Gasteiger partial charge in [-0.15, -0.1) is 0 Å². The fraction of sp³-hybridized carbons (Fsp3) is 0. The maximum Gasteiger partial charge on any atom is 0.242 e. The Morgan fingerprint density at radius 3 is 2.21 bits per heavy atom. The molecule has 0 fully saturated rings. The molecule has 0 amide bonds. The summed E-state index contributed by atoms with van der Waals surface area (Å²) in [6.45, 7) is -0.961. The molecule has 0 atom stereocenters. The molecule has 0 bridgehead atoms. The third-order valence-corrected chi connectivity index (χ3v) is 6.05. The zero-order chi connectivity index (χ0) is 26.8. The first-order chi connectivity index (χ1) is 18.1. The molecular formula is C28H17B. The van der Waals surface area contributed by atoms with Crippen LogP contribution in [0.5, 0.6) is 0 Å². The predicted molar refractivity (Wildman–Crippen MR) is 127 cm³/mol. The summed E-state index contributed by atoms with van der Waals surface area (Å²) in [5, 5.41) is 5.83. The van der Waals surface area contributed by atoms with Crippen molar-refractivity contribution in [3.63, 3.8) is 0 Å². The molecule has 6 aromatic carbocycles. The highest BCUT2D eigenvalue weighted by Crippen LogP contribution is 2.39. The Morgan fingerprint density at radius 1 is 0.621 bits per heavy atom. The van der Waals surface area contributed by atoms with Crippen molar-refractivity contribution in [3.8, 4) is 11.1 Å². The lowest BCUT2D eigenvalue weighted by molar-refractivity contribution is 1.74. The molecule has 0 N–H and O–H groups in total. The number of hydrogen-bond donors (Lipinski definition) is 0. The number of hydrogen-bond acceptors (Lipinski definition) is 0. The van der Waals surface area contributed by atoms with Gasteiger partial charge in [0, 0.05) is 0 Å². The van der Waals surface area contributed by atoms with Crippen LogP contribution in [0.2, 0.25) is 0 Å². The lowest BCUT2D eigenvalue weighted by Crippen LogP contribution is -2.48. The fourth-order valence-electron chi connectivity index (χ4n) is 4.93. The van der Waals surface area contributed by atoms with Crippen LogP contribution in [-0.4, -0.2) is 6.71 Å². The summed E-state index contributed by atoms with van der Waals surface area (Å²) in [6, 6.07) is 12.5. The first kappa shape index (κ1) is 9.28. The van der Waals surface area contributed by atoms with Crippen LogP contribution in [0.25, 0.3) is 43.4 Å². The summed E-state index contributed by atoms with van der Waals surface area (Å²) in [5.74, 6) is 0. The minimum Gasteiger partial charge on any atom is -0.0686 e. The third-order valence-electron chi connectivity index (χ3n) is 6.05. The van der Waals surface area contributed by atoms with E-state index in [1.807, 2.05) is 48.5 Å². The molecule has 1 heteroatoms. The molecular weight excluding hydrogens is 347 g/mol. The quantitative estimate of drug-likeness (QED) is 0.278. The Balaban J connectivity index is 1.74. The molecule has 0 nitrogen and oxygen atoms in total. The fourth-order valence-corrected chi connectivity index (χ4v) is 4.93. The minimum atomic E-state index is -0.961. The van der Waals surface area contributed by atoms with Gasteiger partial charge in [-0.05, 0) is 43.4 Å². The minimum absolute atomic E-state index is 0.00819. The zero-order valence-corrected chi connectivity index (χ0v) is 15.2. The van der Waals surface area contributed by atoms with Crippen LogP contribution in [0.15, 0.2) is 103 Å². The van der Waals surface area contributed by atoms with Gasteiger partial charge >= 0.3 is 0 Å². The van der Waals surface area contributed by atoms with Gasteiger partial charge in [0.15, 0.2) is 0 Å². The van der Waals surface area contributed by atoms with Gasteiger partial charge in [-0.2, -0.15) is 0 Å². The topological polar surface area (TPSA) is 0 Å². The van der Waals surface area contributed by atoms with Crippen molar-refractivity contribution in [2.24, 2.45) is 0 Å². The van der Waals surface area contributed by atoms with Gasteiger partial charge in [-0.1, -0.05) is 119 Å². The van der Waals surface area contributed by atoms with Crippen molar-refractivity contribution in [2.75, 3.05) is 0 Å². The molecule has 0 saturated carbocycles. The van der Waals surface area contributed by atoms with Gasteiger partial charge in [0.2, 0.25) is 6.71 Å². The molecule has 1 heterocycles. The highest BCUT2D eigenvalue weighted by atomic mass is 14.2. The van der Waals surface area contributed by atoms with E-state index in [0.29, 0.717) is 16.6 Å². The Bertz CT molecular complexity index is 1990. The Labute approximate surface area is 182 Å². The second-order valence-corrected chi connectivity index (χ2v) is 7.46. The van der Waals surface area contributed by atoms with E-state index in [9.17, 15) is 0 Å². The van der Waals surface area contributed by atoms with Crippen LogP contribution in [0.1, 0.15) is 12.3 Å². The molecule has 0 saturated heterocycles. The molecule has 0 aliphatic carbocycles. The SMILES string of the molecule is [2H]c1c([2H])c([2H])c(B2c3cc4ccc5cccc6ccc(c3-c3c([2H])c([2H])c([2H])c([2H])c32)c4c56)c([2H])c1[2H]. The molecule has 0 unspecified atom stereocenters. The van der Waals surface area contributed by atoms with E-state index >= 15 is 0 Å². The molecule has 1 aliphatic rings. The summed E-state index contributed by atoms with van der Waals surface area (Å²) in [5.41, 5.74) is 1.79. The second-order valence-electron chi connectivity index (χ2n) is 7.46. The predicted octanol–water partition coefficient (Wildman–Crippen LogP) is 5.08. The summed E-state index contributed by atoms with van der Waals surface area (Å²) < 4.78 is 76.5. The van der Waals surface area contributed by atoms with E-state index in [4.69, 9.17) is 12.3 Å². The molecule has 0 aromatic heterocycles. The molecule has 132 valence electrons. The number of benzene rings is 6. The highest BCUT2D eigenvalue weighted by molar-refractivity contribution is 6.99. The Kier molecular flexibility index (Phi) is 1.76. The van der Waals surface area contributed by atoms with E-state index in [1.165, 1.54) is 0 Å². The maximum absolute atomic E-state index is 8.87. The van der Waals surface area contributed by atoms with Gasteiger partial charge in [-0.25, -0.2) is 0 Å². The molecule has 1 aliphatic heterocycles. The molecule has 0 spiro atoms. The van der Waals surface area contributed by atoms with Crippen LogP contribution in [-0.2, 0) is 0 Å². The van der Waals surface area contributed by atoms with Crippen molar-refractivity contribution in [1.29, 1.82) is 0 Å². The van der Waals surface area contributed by atoms with Gasteiger partial charge in [0.1, 0.15) is 0 Å². The Morgan fingerprint density at radius 2 is 1.34 bits per heavy atom. The van der Waals surface area contributed by atoms with E-state index in [2.05, 4.69) is 0 Å². The first-order valence-electron chi connectivity index (χ1n) is 14.0. The third kappa shape index (κ3) is 1.95. The lowest BCUT2D eigenvalue weighted by Gasteiger charge is -2.16. The van der Waals surface area contributed by atoms with Gasteiger partial charge in [0.05, 0.1) is 12.3 Å². The summed E-state index contributed by atoms with van der Waals surface area (Å²) >= 11 is 0. The van der Waals surface area contributed by atoms with E-state index in [0.717, 1.165) is 32.3 Å². The molecule has 6 aromatic rings. The average molecular weight is 373 g/mol. The van der Waals surface area contributed by atoms with Crippen LogP contribution in [0.4, 0.5) is 0 Å². The van der Waals surface area contributed by atoms with Crippen molar-refractivity contribution in [3.05, 3.63) is 103 Å². The number of fused-ring (bicyclic) bond motifs is 4. The van der Waals surface area contributed by atoms with Crippen LogP contribution < -0.4 is 16.4 Å². The monoisotopic (exact) mass is 373 g/mol. The van der Waals surface area contributed by atoms with Crippen LogP contribution >= 0.6 is 0 Å². The summed E-state index contributed by atoms with van der Waals surface area (Å²) in [4.78, 5) is 0. The van der Waals surface area contributed by atoms with Gasteiger partial charge < -0.3 is 0 Å². The zero-order valence-electron chi connectivity index (χ0n) is 24.2. The van der Waals surface area contributed by atoms with E-state index in [1.54, 1.807) is 0 Å².